The second-order valence-corrected chi connectivity index (χ2v) is 3.84. The summed E-state index contributed by atoms with van der Waals surface area (Å²) in [6.07, 6.45) is 0.688. The molecule has 0 aromatic carbocycles. The molecular formula is C9H19NO2. The zero-order chi connectivity index (χ0) is 9.72. The minimum Gasteiger partial charge on any atom is -0.480 e. The molecule has 1 atom stereocenters. The van der Waals surface area contributed by atoms with Gasteiger partial charge in [-0.1, -0.05) is 27.7 Å². The molecule has 2 N–H and O–H groups in total. The van der Waals surface area contributed by atoms with Crippen LogP contribution in [0, 0.1) is 5.92 Å². The normalized spacial score (nSPS) is 13.8. The van der Waals surface area contributed by atoms with Crippen molar-refractivity contribution in [3.05, 3.63) is 0 Å². The van der Waals surface area contributed by atoms with E-state index in [1.54, 1.807) is 0 Å². The summed E-state index contributed by atoms with van der Waals surface area (Å²) in [4.78, 5) is 10.7. The molecule has 3 nitrogen and oxygen atoms in total. The molecule has 0 radical (unpaired) electrons. The molecule has 0 saturated heterocycles. The third-order valence-electron chi connectivity index (χ3n) is 1.54. The first-order valence-corrected chi connectivity index (χ1v) is 4.42. The molecule has 0 aliphatic rings. The molecule has 0 aromatic rings. The van der Waals surface area contributed by atoms with Gasteiger partial charge in [-0.25, -0.2) is 0 Å². The molecule has 0 bridgehead atoms. The van der Waals surface area contributed by atoms with Crippen LogP contribution in [-0.4, -0.2) is 23.2 Å². The molecule has 0 rings (SSSR count). The number of hydrogen-bond acceptors (Lipinski definition) is 2. The van der Waals surface area contributed by atoms with E-state index in [0.29, 0.717) is 12.3 Å². The Morgan fingerprint density at radius 2 is 1.83 bits per heavy atom. The summed E-state index contributed by atoms with van der Waals surface area (Å²) in [5, 5.41) is 11.8. The van der Waals surface area contributed by atoms with Crippen LogP contribution in [-0.2, 0) is 4.79 Å². The maximum absolute atomic E-state index is 10.7. The lowest BCUT2D eigenvalue weighted by Gasteiger charge is -2.18. The minimum atomic E-state index is -0.752. The van der Waals surface area contributed by atoms with E-state index in [2.05, 4.69) is 5.32 Å². The van der Waals surface area contributed by atoms with Crippen molar-refractivity contribution in [1.82, 2.24) is 5.32 Å². The molecule has 3 heteroatoms. The molecule has 0 fully saturated rings. The average molecular weight is 173 g/mol. The van der Waals surface area contributed by atoms with Crippen LogP contribution in [0.2, 0.25) is 0 Å². The van der Waals surface area contributed by atoms with Crippen molar-refractivity contribution in [1.29, 1.82) is 0 Å². The first kappa shape index (κ1) is 11.4. The van der Waals surface area contributed by atoms with Crippen LogP contribution in [0.5, 0.6) is 0 Å². The van der Waals surface area contributed by atoms with Gasteiger partial charge in [0.2, 0.25) is 0 Å². The van der Waals surface area contributed by atoms with Crippen LogP contribution >= 0.6 is 0 Å². The molecule has 0 aromatic heterocycles. The molecule has 72 valence electrons. The maximum atomic E-state index is 10.7. The van der Waals surface area contributed by atoms with Crippen LogP contribution < -0.4 is 5.32 Å². The van der Waals surface area contributed by atoms with Gasteiger partial charge in [0, 0.05) is 6.04 Å². The first-order valence-electron chi connectivity index (χ1n) is 4.42. The van der Waals surface area contributed by atoms with Gasteiger partial charge in [-0.15, -0.1) is 0 Å². The fourth-order valence-electron chi connectivity index (χ4n) is 1.11. The monoisotopic (exact) mass is 173 g/mol. The highest BCUT2D eigenvalue weighted by atomic mass is 16.4. The van der Waals surface area contributed by atoms with Crippen molar-refractivity contribution in [2.24, 2.45) is 5.92 Å². The fraction of sp³-hybridized carbons (Fsp3) is 0.889. The van der Waals surface area contributed by atoms with E-state index in [0.717, 1.165) is 0 Å². The minimum absolute atomic E-state index is 0.227. The quantitative estimate of drug-likeness (QED) is 0.662. The van der Waals surface area contributed by atoms with Crippen LogP contribution in [0.1, 0.15) is 34.1 Å². The first-order chi connectivity index (χ1) is 5.43. The summed E-state index contributed by atoms with van der Waals surface area (Å²) in [5.41, 5.74) is 0. The maximum Gasteiger partial charge on any atom is 0.320 e. The Labute approximate surface area is 74.2 Å². The Hall–Kier alpha value is -0.570. The number of carboxylic acid groups (broad SMARTS) is 1. The lowest BCUT2D eigenvalue weighted by Crippen LogP contribution is -2.41. The van der Waals surface area contributed by atoms with Crippen molar-refractivity contribution in [3.8, 4) is 0 Å². The van der Waals surface area contributed by atoms with E-state index in [1.807, 2.05) is 27.7 Å². The van der Waals surface area contributed by atoms with E-state index in [1.165, 1.54) is 0 Å². The molecule has 0 unspecified atom stereocenters. The van der Waals surface area contributed by atoms with Crippen molar-refractivity contribution in [2.45, 2.75) is 46.2 Å². The molecule has 0 saturated carbocycles. The number of carboxylic acids is 1. The average Bonchev–Trinajstić information content (AvgIpc) is 1.83. The second kappa shape index (κ2) is 5.14. The van der Waals surface area contributed by atoms with Gasteiger partial charge in [0.05, 0.1) is 0 Å². The van der Waals surface area contributed by atoms with Crippen LogP contribution in [0.25, 0.3) is 0 Å². The SMILES string of the molecule is CC(C)C[C@@H](NC(C)C)C(=O)O. The largest absolute Gasteiger partial charge is 0.480 e. The standard InChI is InChI=1S/C9H19NO2/c1-6(2)5-8(9(11)12)10-7(3)4/h6-8,10H,5H2,1-4H3,(H,11,12)/t8-/m1/s1. The Balaban J connectivity index is 3.96. The van der Waals surface area contributed by atoms with Crippen molar-refractivity contribution < 1.29 is 9.90 Å². The van der Waals surface area contributed by atoms with E-state index >= 15 is 0 Å². The van der Waals surface area contributed by atoms with E-state index in [-0.39, 0.29) is 6.04 Å². The second-order valence-electron chi connectivity index (χ2n) is 3.84. The third-order valence-corrected chi connectivity index (χ3v) is 1.54. The van der Waals surface area contributed by atoms with Gasteiger partial charge in [-0.05, 0) is 12.3 Å². The number of rotatable bonds is 5. The highest BCUT2D eigenvalue weighted by Crippen LogP contribution is 2.05. The molecule has 0 amide bonds. The summed E-state index contributed by atoms with van der Waals surface area (Å²) in [6.45, 7) is 7.96. The van der Waals surface area contributed by atoms with E-state index in [9.17, 15) is 4.79 Å². The predicted octanol–water partition coefficient (Wildman–Crippen LogP) is 1.48. The summed E-state index contributed by atoms with van der Waals surface area (Å²) < 4.78 is 0. The third kappa shape index (κ3) is 5.13. The predicted molar refractivity (Wildman–Crippen MR) is 49.2 cm³/mol. The highest BCUT2D eigenvalue weighted by Gasteiger charge is 2.18. The van der Waals surface area contributed by atoms with Gasteiger partial charge >= 0.3 is 5.97 Å². The number of nitrogens with one attached hydrogen (secondary N) is 1. The fourth-order valence-corrected chi connectivity index (χ4v) is 1.11. The van der Waals surface area contributed by atoms with Gasteiger partial charge in [-0.3, -0.25) is 4.79 Å². The van der Waals surface area contributed by atoms with Crippen LogP contribution in [0.4, 0.5) is 0 Å². The summed E-state index contributed by atoms with van der Waals surface area (Å²) in [6, 6.07) is -0.171. The van der Waals surface area contributed by atoms with Gasteiger partial charge in [-0.2, -0.15) is 0 Å². The Morgan fingerprint density at radius 3 is 2.08 bits per heavy atom. The number of hydrogen-bond donors (Lipinski definition) is 2. The molecule has 0 heterocycles. The lowest BCUT2D eigenvalue weighted by molar-refractivity contribution is -0.140. The van der Waals surface area contributed by atoms with Crippen LogP contribution in [0.3, 0.4) is 0 Å². The molecule has 12 heavy (non-hydrogen) atoms. The molecule has 0 spiro atoms. The van der Waals surface area contributed by atoms with E-state index < -0.39 is 12.0 Å². The Morgan fingerprint density at radius 1 is 1.33 bits per heavy atom. The van der Waals surface area contributed by atoms with Crippen molar-refractivity contribution in [3.63, 3.8) is 0 Å². The molecular weight excluding hydrogens is 154 g/mol. The van der Waals surface area contributed by atoms with Gasteiger partial charge < -0.3 is 10.4 Å². The summed E-state index contributed by atoms with van der Waals surface area (Å²) in [7, 11) is 0. The zero-order valence-corrected chi connectivity index (χ0v) is 8.29. The van der Waals surface area contributed by atoms with E-state index in [4.69, 9.17) is 5.11 Å². The van der Waals surface area contributed by atoms with Crippen molar-refractivity contribution >= 4 is 5.97 Å². The van der Waals surface area contributed by atoms with Crippen LogP contribution in [0.15, 0.2) is 0 Å². The summed E-state index contributed by atoms with van der Waals surface area (Å²) >= 11 is 0. The zero-order valence-electron chi connectivity index (χ0n) is 8.29. The highest BCUT2D eigenvalue weighted by molar-refractivity contribution is 5.73. The summed E-state index contributed by atoms with van der Waals surface area (Å²) in [5.74, 6) is -0.338. The van der Waals surface area contributed by atoms with Crippen molar-refractivity contribution in [2.75, 3.05) is 0 Å². The Kier molecular flexibility index (Phi) is 4.90. The van der Waals surface area contributed by atoms with Gasteiger partial charge in [0.1, 0.15) is 6.04 Å². The number of carbonyl (C=O) groups is 1. The smallest absolute Gasteiger partial charge is 0.320 e. The van der Waals surface area contributed by atoms with Gasteiger partial charge in [0.15, 0.2) is 0 Å². The lowest BCUT2D eigenvalue weighted by atomic mass is 10.0. The Bertz CT molecular complexity index is 133. The molecule has 0 aliphatic carbocycles. The number of aliphatic carboxylic acids is 1. The topological polar surface area (TPSA) is 49.3 Å². The molecule has 0 aliphatic heterocycles. The van der Waals surface area contributed by atoms with Gasteiger partial charge in [0.25, 0.3) is 0 Å².